The van der Waals surface area contributed by atoms with Crippen molar-refractivity contribution in [3.63, 3.8) is 0 Å². The van der Waals surface area contributed by atoms with E-state index in [0.29, 0.717) is 18.2 Å². The van der Waals surface area contributed by atoms with E-state index in [-0.39, 0.29) is 5.54 Å². The first kappa shape index (κ1) is 12.1. The van der Waals surface area contributed by atoms with Gasteiger partial charge in [0.05, 0.1) is 0 Å². The van der Waals surface area contributed by atoms with Crippen molar-refractivity contribution < 1.29 is 4.74 Å². The third-order valence-corrected chi connectivity index (χ3v) is 3.20. The van der Waals surface area contributed by atoms with E-state index in [1.165, 1.54) is 25.7 Å². The topological polar surface area (TPSA) is 73.1 Å². The zero-order chi connectivity index (χ0) is 12.3. The van der Waals surface area contributed by atoms with Gasteiger partial charge in [0.15, 0.2) is 5.82 Å². The number of nitrogens with zero attached hydrogens (tertiary/aromatic N) is 2. The summed E-state index contributed by atoms with van der Waals surface area (Å²) in [5.74, 6) is 1.90. The Morgan fingerprint density at radius 1 is 1.41 bits per heavy atom. The van der Waals surface area contributed by atoms with Crippen LogP contribution in [0, 0.1) is 0 Å². The summed E-state index contributed by atoms with van der Waals surface area (Å²) < 4.78 is 5.02. The number of hydrogen-bond acceptors (Lipinski definition) is 5. The van der Waals surface area contributed by atoms with Gasteiger partial charge in [-0.05, 0) is 19.8 Å². The van der Waals surface area contributed by atoms with E-state index in [0.717, 1.165) is 5.82 Å². The molecule has 1 aliphatic carbocycles. The second-order valence-electron chi connectivity index (χ2n) is 4.92. The van der Waals surface area contributed by atoms with Gasteiger partial charge < -0.3 is 15.8 Å². The molecule has 1 aromatic heterocycles. The van der Waals surface area contributed by atoms with Crippen molar-refractivity contribution in [2.75, 3.05) is 18.2 Å². The van der Waals surface area contributed by atoms with Crippen molar-refractivity contribution in [3.05, 3.63) is 11.9 Å². The Labute approximate surface area is 102 Å². The minimum Gasteiger partial charge on any atom is -0.384 e. The smallest absolute Gasteiger partial charge is 0.158 e. The number of nitrogens with two attached hydrogens (primary N) is 1. The molecule has 94 valence electrons. The molecular formula is C12H20N4O. The second kappa shape index (κ2) is 4.87. The summed E-state index contributed by atoms with van der Waals surface area (Å²) in [7, 11) is 1.62. The molecule has 5 heteroatoms. The molecule has 5 nitrogen and oxygen atoms in total. The van der Waals surface area contributed by atoms with Crippen LogP contribution in [0.25, 0.3) is 0 Å². The van der Waals surface area contributed by atoms with Crippen LogP contribution in [0.2, 0.25) is 0 Å². The van der Waals surface area contributed by atoms with Crippen molar-refractivity contribution >= 4 is 11.6 Å². The molecular weight excluding hydrogens is 216 g/mol. The number of anilines is 2. The lowest BCUT2D eigenvalue weighted by atomic mass is 10.0. The maximum Gasteiger partial charge on any atom is 0.158 e. The van der Waals surface area contributed by atoms with Gasteiger partial charge in [0, 0.05) is 18.7 Å². The largest absolute Gasteiger partial charge is 0.384 e. The zero-order valence-corrected chi connectivity index (χ0v) is 10.5. The fourth-order valence-electron chi connectivity index (χ4n) is 2.36. The third kappa shape index (κ3) is 3.06. The van der Waals surface area contributed by atoms with Gasteiger partial charge >= 0.3 is 0 Å². The summed E-state index contributed by atoms with van der Waals surface area (Å²) in [6.45, 7) is 2.62. The molecule has 1 aromatic rings. The monoisotopic (exact) mass is 236 g/mol. The lowest BCUT2D eigenvalue weighted by Crippen LogP contribution is -2.31. The Hall–Kier alpha value is -1.36. The molecule has 1 saturated carbocycles. The number of methoxy groups -OCH3 is 1. The van der Waals surface area contributed by atoms with Gasteiger partial charge in [-0.25, -0.2) is 9.97 Å². The predicted molar refractivity (Wildman–Crippen MR) is 67.7 cm³/mol. The van der Waals surface area contributed by atoms with Crippen LogP contribution in [0.1, 0.15) is 38.4 Å². The van der Waals surface area contributed by atoms with Crippen molar-refractivity contribution in [1.29, 1.82) is 0 Å². The van der Waals surface area contributed by atoms with E-state index in [9.17, 15) is 0 Å². The van der Waals surface area contributed by atoms with E-state index in [2.05, 4.69) is 22.2 Å². The molecule has 3 N–H and O–H groups in total. The first-order valence-electron chi connectivity index (χ1n) is 6.02. The summed E-state index contributed by atoms with van der Waals surface area (Å²) in [5, 5.41) is 3.47. The minimum absolute atomic E-state index is 0.144. The van der Waals surface area contributed by atoms with E-state index in [1.807, 2.05) is 0 Å². The highest BCUT2D eigenvalue weighted by atomic mass is 16.5. The first-order chi connectivity index (χ1) is 8.11. The van der Waals surface area contributed by atoms with Gasteiger partial charge in [-0.15, -0.1) is 0 Å². The van der Waals surface area contributed by atoms with Crippen molar-refractivity contribution in [3.8, 4) is 0 Å². The van der Waals surface area contributed by atoms with Crippen LogP contribution in [0.5, 0.6) is 0 Å². The van der Waals surface area contributed by atoms with Crippen LogP contribution < -0.4 is 11.1 Å². The number of aromatic nitrogens is 2. The van der Waals surface area contributed by atoms with Crippen LogP contribution in [0.3, 0.4) is 0 Å². The molecule has 1 aliphatic rings. The maximum absolute atomic E-state index is 5.76. The Kier molecular flexibility index (Phi) is 3.47. The number of hydrogen-bond donors (Lipinski definition) is 2. The van der Waals surface area contributed by atoms with Gasteiger partial charge in [-0.3, -0.25) is 0 Å². The van der Waals surface area contributed by atoms with Crippen molar-refractivity contribution in [1.82, 2.24) is 9.97 Å². The summed E-state index contributed by atoms with van der Waals surface area (Å²) >= 11 is 0. The van der Waals surface area contributed by atoms with Crippen molar-refractivity contribution in [2.24, 2.45) is 0 Å². The van der Waals surface area contributed by atoms with Gasteiger partial charge in [0.25, 0.3) is 0 Å². The highest BCUT2D eigenvalue weighted by molar-refractivity contribution is 5.46. The molecule has 17 heavy (non-hydrogen) atoms. The molecule has 1 fully saturated rings. The molecule has 0 amide bonds. The van der Waals surface area contributed by atoms with Crippen LogP contribution in [0.4, 0.5) is 11.6 Å². The molecule has 0 spiro atoms. The Balaban J connectivity index is 2.14. The fraction of sp³-hybridized carbons (Fsp3) is 0.667. The van der Waals surface area contributed by atoms with E-state index in [1.54, 1.807) is 13.2 Å². The molecule has 0 atom stereocenters. The summed E-state index contributed by atoms with van der Waals surface area (Å²) in [5.41, 5.74) is 5.90. The number of nitrogens with one attached hydrogen (secondary N) is 1. The minimum atomic E-state index is 0.144. The highest BCUT2D eigenvalue weighted by Gasteiger charge is 2.28. The Morgan fingerprint density at radius 3 is 2.76 bits per heavy atom. The Morgan fingerprint density at radius 2 is 2.12 bits per heavy atom. The molecule has 0 bridgehead atoms. The summed E-state index contributed by atoms with van der Waals surface area (Å²) in [6, 6.07) is 1.78. The predicted octanol–water partition coefficient (Wildman–Crippen LogP) is 1.95. The van der Waals surface area contributed by atoms with Crippen molar-refractivity contribution in [2.45, 2.75) is 44.8 Å². The summed E-state index contributed by atoms with van der Waals surface area (Å²) in [6.07, 6.45) is 4.90. The molecule has 0 unspecified atom stereocenters. The van der Waals surface area contributed by atoms with Crippen LogP contribution in [-0.4, -0.2) is 22.6 Å². The molecule has 0 radical (unpaired) electrons. The zero-order valence-electron chi connectivity index (χ0n) is 10.5. The number of nitrogen functional groups attached to an aromatic ring is 1. The average molecular weight is 236 g/mol. The van der Waals surface area contributed by atoms with Gasteiger partial charge in [0.2, 0.25) is 0 Å². The molecule has 0 aromatic carbocycles. The normalized spacial score (nSPS) is 18.2. The lowest BCUT2D eigenvalue weighted by molar-refractivity contribution is 0.178. The number of ether oxygens (including phenoxy) is 1. The average Bonchev–Trinajstić information content (AvgIpc) is 2.64. The van der Waals surface area contributed by atoms with Crippen LogP contribution in [0.15, 0.2) is 6.07 Å². The highest BCUT2D eigenvalue weighted by Crippen LogP contribution is 2.32. The van der Waals surface area contributed by atoms with Crippen LogP contribution in [-0.2, 0) is 11.3 Å². The summed E-state index contributed by atoms with van der Waals surface area (Å²) in [4.78, 5) is 8.53. The van der Waals surface area contributed by atoms with Crippen LogP contribution >= 0.6 is 0 Å². The standard InChI is InChI=1S/C12H20N4O/c1-12(5-3-4-6-12)16-10-7-9(13)14-11(15-10)8-17-2/h7H,3-6,8H2,1-2H3,(H3,13,14,15,16). The van der Waals surface area contributed by atoms with E-state index < -0.39 is 0 Å². The maximum atomic E-state index is 5.76. The molecule has 2 rings (SSSR count). The molecule has 0 aliphatic heterocycles. The lowest BCUT2D eigenvalue weighted by Gasteiger charge is -2.26. The second-order valence-corrected chi connectivity index (χ2v) is 4.92. The first-order valence-corrected chi connectivity index (χ1v) is 6.02. The third-order valence-electron chi connectivity index (χ3n) is 3.20. The quantitative estimate of drug-likeness (QED) is 0.836. The van der Waals surface area contributed by atoms with Gasteiger partial charge in [-0.2, -0.15) is 0 Å². The fourth-order valence-corrected chi connectivity index (χ4v) is 2.36. The van der Waals surface area contributed by atoms with Gasteiger partial charge in [-0.1, -0.05) is 12.8 Å². The molecule has 0 saturated heterocycles. The van der Waals surface area contributed by atoms with Gasteiger partial charge in [0.1, 0.15) is 18.2 Å². The SMILES string of the molecule is COCc1nc(N)cc(NC2(C)CCCC2)n1. The number of rotatable bonds is 4. The van der Waals surface area contributed by atoms with E-state index >= 15 is 0 Å². The Bertz CT molecular complexity index is 388. The molecule has 1 heterocycles. The van der Waals surface area contributed by atoms with E-state index in [4.69, 9.17) is 10.5 Å².